The Morgan fingerprint density at radius 3 is 2.12 bits per heavy atom. The van der Waals surface area contributed by atoms with Crippen molar-refractivity contribution < 1.29 is 9.90 Å². The summed E-state index contributed by atoms with van der Waals surface area (Å²) in [5.74, 6) is 0.750. The highest BCUT2D eigenvalue weighted by Gasteiger charge is 2.51. The van der Waals surface area contributed by atoms with Gasteiger partial charge in [-0.2, -0.15) is 0 Å². The van der Waals surface area contributed by atoms with E-state index in [0.717, 1.165) is 24.7 Å². The lowest BCUT2D eigenvalue weighted by molar-refractivity contribution is -0.139. The molecular formula is C13H23NO2. The number of hydrogen-bond acceptors (Lipinski definition) is 2. The molecule has 0 saturated heterocycles. The van der Waals surface area contributed by atoms with Crippen LogP contribution in [0, 0.1) is 22.7 Å². The van der Waals surface area contributed by atoms with Crippen LogP contribution in [0.5, 0.6) is 0 Å². The molecule has 0 aromatic carbocycles. The van der Waals surface area contributed by atoms with E-state index in [2.05, 4.69) is 13.8 Å². The van der Waals surface area contributed by atoms with Crippen LogP contribution in [0.15, 0.2) is 0 Å². The summed E-state index contributed by atoms with van der Waals surface area (Å²) >= 11 is 0. The van der Waals surface area contributed by atoms with Gasteiger partial charge in [-0.25, -0.2) is 0 Å². The lowest BCUT2D eigenvalue weighted by Gasteiger charge is -2.29. The van der Waals surface area contributed by atoms with Gasteiger partial charge in [0.25, 0.3) is 0 Å². The molecule has 0 radical (unpaired) electrons. The van der Waals surface area contributed by atoms with Crippen molar-refractivity contribution >= 4 is 5.97 Å². The smallest absolute Gasteiger partial charge is 0.303 e. The number of nitrogens with two attached hydrogens (primary N) is 1. The maximum absolute atomic E-state index is 10.9. The van der Waals surface area contributed by atoms with Crippen molar-refractivity contribution in [2.75, 3.05) is 6.54 Å². The maximum Gasteiger partial charge on any atom is 0.303 e. The van der Waals surface area contributed by atoms with E-state index in [1.807, 2.05) is 0 Å². The molecule has 2 rings (SSSR count). The summed E-state index contributed by atoms with van der Waals surface area (Å²) in [4.78, 5) is 10.9. The van der Waals surface area contributed by atoms with Gasteiger partial charge < -0.3 is 10.8 Å². The van der Waals surface area contributed by atoms with Crippen LogP contribution in [0.3, 0.4) is 0 Å². The third-order valence-electron chi connectivity index (χ3n) is 4.65. The molecule has 3 N–H and O–H groups in total. The molecule has 0 aromatic rings. The second-order valence-corrected chi connectivity index (χ2v) is 6.78. The van der Waals surface area contributed by atoms with E-state index in [1.165, 1.54) is 12.8 Å². The van der Waals surface area contributed by atoms with Crippen LogP contribution in [0.2, 0.25) is 0 Å². The minimum Gasteiger partial charge on any atom is -0.481 e. The van der Waals surface area contributed by atoms with Gasteiger partial charge in [-0.05, 0) is 54.9 Å². The predicted molar refractivity (Wildman–Crippen MR) is 63.0 cm³/mol. The van der Waals surface area contributed by atoms with Gasteiger partial charge in [0.05, 0.1) is 6.42 Å². The molecule has 0 heterocycles. The molecule has 0 amide bonds. The van der Waals surface area contributed by atoms with E-state index < -0.39 is 5.97 Å². The van der Waals surface area contributed by atoms with Gasteiger partial charge in [-0.1, -0.05) is 13.8 Å². The molecule has 92 valence electrons. The first-order valence-electron chi connectivity index (χ1n) is 6.28. The number of hydrogen-bond donors (Lipinski definition) is 2. The summed E-state index contributed by atoms with van der Waals surface area (Å²) in [6, 6.07) is 0. The van der Waals surface area contributed by atoms with E-state index in [4.69, 9.17) is 10.8 Å². The van der Waals surface area contributed by atoms with Crippen molar-refractivity contribution in [2.45, 2.75) is 46.0 Å². The molecule has 1 unspecified atom stereocenters. The number of carboxylic acid groups (broad SMARTS) is 1. The van der Waals surface area contributed by atoms with Crippen molar-refractivity contribution in [1.29, 1.82) is 0 Å². The SMILES string of the molecule is CC1(C)C[C@@H]2CC(CN)(CC(=O)O)C[C@@H]2C1. The number of carboxylic acids is 1. The Kier molecular flexibility index (Phi) is 2.77. The van der Waals surface area contributed by atoms with Crippen LogP contribution >= 0.6 is 0 Å². The van der Waals surface area contributed by atoms with E-state index in [9.17, 15) is 4.79 Å². The van der Waals surface area contributed by atoms with Crippen molar-refractivity contribution in [1.82, 2.24) is 0 Å². The van der Waals surface area contributed by atoms with E-state index in [1.54, 1.807) is 0 Å². The normalized spacial score (nSPS) is 40.9. The molecule has 0 bridgehead atoms. The number of aliphatic carboxylic acids is 1. The Balaban J connectivity index is 2.06. The molecule has 3 atom stereocenters. The van der Waals surface area contributed by atoms with Crippen LogP contribution in [0.25, 0.3) is 0 Å². The van der Waals surface area contributed by atoms with Crippen molar-refractivity contribution in [2.24, 2.45) is 28.4 Å². The molecule has 16 heavy (non-hydrogen) atoms. The third kappa shape index (κ3) is 2.10. The Morgan fingerprint density at radius 1 is 1.25 bits per heavy atom. The van der Waals surface area contributed by atoms with Gasteiger partial charge in [0, 0.05) is 0 Å². The summed E-state index contributed by atoms with van der Waals surface area (Å²) < 4.78 is 0. The fraction of sp³-hybridized carbons (Fsp3) is 0.923. The Labute approximate surface area is 97.4 Å². The van der Waals surface area contributed by atoms with Gasteiger partial charge >= 0.3 is 5.97 Å². The van der Waals surface area contributed by atoms with Crippen LogP contribution in [-0.2, 0) is 4.79 Å². The first kappa shape index (κ1) is 11.9. The highest BCUT2D eigenvalue weighted by Crippen LogP contribution is 2.59. The fourth-order valence-electron chi connectivity index (χ4n) is 4.21. The quantitative estimate of drug-likeness (QED) is 0.774. The largest absolute Gasteiger partial charge is 0.481 e. The molecule has 2 aliphatic carbocycles. The van der Waals surface area contributed by atoms with E-state index in [0.29, 0.717) is 12.0 Å². The Bertz CT molecular complexity index is 282. The monoisotopic (exact) mass is 225 g/mol. The first-order chi connectivity index (χ1) is 7.36. The van der Waals surface area contributed by atoms with Crippen LogP contribution in [0.4, 0.5) is 0 Å². The molecule has 0 aromatic heterocycles. The zero-order chi connectivity index (χ0) is 12.0. The predicted octanol–water partition coefficient (Wildman–Crippen LogP) is 2.25. The second kappa shape index (κ2) is 3.73. The Hall–Kier alpha value is -0.570. The molecular weight excluding hydrogens is 202 g/mol. The van der Waals surface area contributed by atoms with Gasteiger partial charge in [-0.3, -0.25) is 4.79 Å². The summed E-state index contributed by atoms with van der Waals surface area (Å²) in [5.41, 5.74) is 6.18. The topological polar surface area (TPSA) is 63.3 Å². The minimum atomic E-state index is -0.690. The average Bonchev–Trinajstić information content (AvgIpc) is 2.53. The summed E-state index contributed by atoms with van der Waals surface area (Å²) in [6.07, 6.45) is 4.82. The van der Waals surface area contributed by atoms with Gasteiger partial charge in [0.15, 0.2) is 0 Å². The van der Waals surface area contributed by atoms with Gasteiger partial charge in [0.2, 0.25) is 0 Å². The molecule has 3 heteroatoms. The average molecular weight is 225 g/mol. The van der Waals surface area contributed by atoms with Gasteiger partial charge in [-0.15, -0.1) is 0 Å². The first-order valence-corrected chi connectivity index (χ1v) is 6.28. The molecule has 2 aliphatic rings. The lowest BCUT2D eigenvalue weighted by atomic mass is 9.77. The lowest BCUT2D eigenvalue weighted by Crippen LogP contribution is -2.31. The molecule has 2 saturated carbocycles. The fourth-order valence-corrected chi connectivity index (χ4v) is 4.21. The van der Waals surface area contributed by atoms with Crippen LogP contribution < -0.4 is 5.73 Å². The highest BCUT2D eigenvalue weighted by molar-refractivity contribution is 5.67. The number of fused-ring (bicyclic) bond motifs is 1. The van der Waals surface area contributed by atoms with Crippen molar-refractivity contribution in [3.05, 3.63) is 0 Å². The Morgan fingerprint density at radius 2 is 1.75 bits per heavy atom. The third-order valence-corrected chi connectivity index (χ3v) is 4.65. The minimum absolute atomic E-state index is 0.0995. The summed E-state index contributed by atoms with van der Waals surface area (Å²) in [5, 5.41) is 8.98. The summed E-state index contributed by atoms with van der Waals surface area (Å²) in [6.45, 7) is 5.19. The standard InChI is InChI=1S/C13H23NO2/c1-12(2)3-9-5-13(8-14,7-11(15)16)6-10(9)4-12/h9-10H,3-8,14H2,1-2H3,(H,15,16)/t9-,10+,13?. The van der Waals surface area contributed by atoms with Crippen LogP contribution in [0.1, 0.15) is 46.0 Å². The second-order valence-electron chi connectivity index (χ2n) is 6.78. The maximum atomic E-state index is 10.9. The van der Waals surface area contributed by atoms with Gasteiger partial charge in [0.1, 0.15) is 0 Å². The number of carbonyl (C=O) groups is 1. The molecule has 0 aliphatic heterocycles. The van der Waals surface area contributed by atoms with Crippen LogP contribution in [-0.4, -0.2) is 17.6 Å². The van der Waals surface area contributed by atoms with E-state index in [-0.39, 0.29) is 11.8 Å². The van der Waals surface area contributed by atoms with Crippen molar-refractivity contribution in [3.8, 4) is 0 Å². The zero-order valence-corrected chi connectivity index (χ0v) is 10.3. The van der Waals surface area contributed by atoms with E-state index >= 15 is 0 Å². The highest BCUT2D eigenvalue weighted by atomic mass is 16.4. The molecule has 3 nitrogen and oxygen atoms in total. The zero-order valence-electron chi connectivity index (χ0n) is 10.3. The van der Waals surface area contributed by atoms with Crippen molar-refractivity contribution in [3.63, 3.8) is 0 Å². The molecule has 0 spiro atoms. The number of rotatable bonds is 3. The summed E-state index contributed by atoms with van der Waals surface area (Å²) in [7, 11) is 0. The molecule has 2 fully saturated rings.